The summed E-state index contributed by atoms with van der Waals surface area (Å²) in [7, 11) is 1.56. The Bertz CT molecular complexity index is 991. The second-order valence-electron chi connectivity index (χ2n) is 8.33. The van der Waals surface area contributed by atoms with E-state index in [1.165, 1.54) is 4.90 Å². The van der Waals surface area contributed by atoms with E-state index in [1.807, 2.05) is 6.07 Å². The van der Waals surface area contributed by atoms with Gasteiger partial charge in [-0.2, -0.15) is 0 Å². The number of ether oxygens (including phenoxy) is 2. The fraction of sp³-hybridized carbons (Fsp3) is 0.360. The highest BCUT2D eigenvalue weighted by atomic mass is 16.5. The molecule has 1 amide bonds. The Morgan fingerprint density at radius 3 is 2.32 bits per heavy atom. The summed E-state index contributed by atoms with van der Waals surface area (Å²) in [5, 5.41) is 10.7. The molecule has 1 N–H and O–H groups in total. The van der Waals surface area contributed by atoms with Crippen LogP contribution in [0.25, 0.3) is 0 Å². The monoisotopic (exact) mass is 423 g/mol. The van der Waals surface area contributed by atoms with Crippen LogP contribution in [0.2, 0.25) is 0 Å². The molecule has 0 aliphatic carbocycles. The van der Waals surface area contributed by atoms with Gasteiger partial charge in [0.05, 0.1) is 25.3 Å². The van der Waals surface area contributed by atoms with Crippen LogP contribution in [0.1, 0.15) is 39.3 Å². The zero-order chi connectivity index (χ0) is 22.7. The number of aliphatic hydroxyl groups is 1. The van der Waals surface area contributed by atoms with Crippen molar-refractivity contribution in [1.82, 2.24) is 0 Å². The normalized spacial score (nSPS) is 16.4. The number of aliphatic hydroxyl groups excluding tert-OH is 1. The largest absolute Gasteiger partial charge is 0.503 e. The highest BCUT2D eigenvalue weighted by Crippen LogP contribution is 2.42. The molecular formula is C25H29NO5. The van der Waals surface area contributed by atoms with E-state index in [9.17, 15) is 14.7 Å². The number of carbonyl (C=O) groups is 2. The molecule has 2 aromatic rings. The van der Waals surface area contributed by atoms with Gasteiger partial charge in [0.25, 0.3) is 5.91 Å². The number of ketones is 1. The van der Waals surface area contributed by atoms with Gasteiger partial charge in [-0.05, 0) is 47.9 Å². The number of hydrogen-bond donors (Lipinski definition) is 1. The lowest BCUT2D eigenvalue weighted by Gasteiger charge is -2.27. The molecule has 0 saturated carbocycles. The minimum Gasteiger partial charge on any atom is -0.503 e. The number of nitrogens with zero attached hydrogens (tertiary/aromatic N) is 1. The molecule has 1 atom stereocenters. The number of anilines is 1. The average Bonchev–Trinajstić information content (AvgIpc) is 3.02. The van der Waals surface area contributed by atoms with Crippen molar-refractivity contribution >= 4 is 17.4 Å². The van der Waals surface area contributed by atoms with Crippen molar-refractivity contribution in [3.8, 4) is 11.5 Å². The van der Waals surface area contributed by atoms with Crippen LogP contribution in [0.3, 0.4) is 0 Å². The van der Waals surface area contributed by atoms with Crippen molar-refractivity contribution in [3.05, 3.63) is 65.4 Å². The molecule has 0 bridgehead atoms. The second kappa shape index (κ2) is 9.25. The van der Waals surface area contributed by atoms with E-state index in [0.717, 1.165) is 0 Å². The molecule has 2 aromatic carbocycles. The highest BCUT2D eigenvalue weighted by Gasteiger charge is 2.44. The van der Waals surface area contributed by atoms with Gasteiger partial charge in [0, 0.05) is 11.6 Å². The van der Waals surface area contributed by atoms with Gasteiger partial charge in [-0.25, -0.2) is 0 Å². The quantitative estimate of drug-likeness (QED) is 0.657. The van der Waals surface area contributed by atoms with Crippen LogP contribution in [-0.2, 0) is 9.59 Å². The Kier molecular flexibility index (Phi) is 6.68. The summed E-state index contributed by atoms with van der Waals surface area (Å²) in [6, 6.07) is 13.5. The fourth-order valence-electron chi connectivity index (χ4n) is 3.53. The summed E-state index contributed by atoms with van der Waals surface area (Å²) < 4.78 is 11.1. The third-order valence-corrected chi connectivity index (χ3v) is 5.11. The van der Waals surface area contributed by atoms with Gasteiger partial charge in [0.15, 0.2) is 11.5 Å². The fourth-order valence-corrected chi connectivity index (χ4v) is 3.53. The lowest BCUT2D eigenvalue weighted by molar-refractivity contribution is -0.119. The van der Waals surface area contributed by atoms with Crippen molar-refractivity contribution in [2.24, 2.45) is 11.8 Å². The van der Waals surface area contributed by atoms with Gasteiger partial charge in [-0.3, -0.25) is 14.5 Å². The van der Waals surface area contributed by atoms with Crippen molar-refractivity contribution in [3.63, 3.8) is 0 Å². The Balaban J connectivity index is 2.05. The number of amides is 1. The zero-order valence-electron chi connectivity index (χ0n) is 18.6. The van der Waals surface area contributed by atoms with Gasteiger partial charge in [0.2, 0.25) is 0 Å². The van der Waals surface area contributed by atoms with E-state index >= 15 is 0 Å². The Morgan fingerprint density at radius 1 is 1.06 bits per heavy atom. The standard InChI is InChI=1S/C25H29NO5/c1-15(2)14-31-19-11-9-18(10-12-19)26-22(17-7-6-8-20(13-17)30-5)21(23(27)16(3)4)24(28)25(26)29/h6-13,15-16,22,28H,14H2,1-5H3. The first-order valence-corrected chi connectivity index (χ1v) is 10.4. The molecule has 0 aromatic heterocycles. The smallest absolute Gasteiger partial charge is 0.294 e. The Hall–Kier alpha value is -3.28. The van der Waals surface area contributed by atoms with E-state index in [2.05, 4.69) is 13.8 Å². The van der Waals surface area contributed by atoms with E-state index in [-0.39, 0.29) is 17.3 Å². The first-order chi connectivity index (χ1) is 14.7. The maximum atomic E-state index is 13.1. The number of Topliss-reactive ketones (excluding diaryl/α,β-unsaturated/α-hetero) is 1. The van der Waals surface area contributed by atoms with Crippen LogP contribution in [0.4, 0.5) is 5.69 Å². The molecule has 1 aliphatic rings. The molecule has 0 fully saturated rings. The van der Waals surface area contributed by atoms with E-state index in [1.54, 1.807) is 63.4 Å². The lowest BCUT2D eigenvalue weighted by atomic mass is 9.91. The number of carbonyl (C=O) groups excluding carboxylic acids is 2. The van der Waals surface area contributed by atoms with Crippen LogP contribution in [-0.4, -0.2) is 30.5 Å². The number of hydrogen-bond acceptors (Lipinski definition) is 5. The predicted molar refractivity (Wildman–Crippen MR) is 119 cm³/mol. The summed E-state index contributed by atoms with van der Waals surface area (Å²) >= 11 is 0. The van der Waals surface area contributed by atoms with Crippen LogP contribution in [0.5, 0.6) is 11.5 Å². The van der Waals surface area contributed by atoms with Crippen molar-refractivity contribution < 1.29 is 24.2 Å². The van der Waals surface area contributed by atoms with E-state index < -0.39 is 17.7 Å². The Morgan fingerprint density at radius 2 is 1.74 bits per heavy atom. The number of rotatable bonds is 8. The first kappa shape index (κ1) is 22.4. The van der Waals surface area contributed by atoms with Gasteiger partial charge in [-0.15, -0.1) is 0 Å². The average molecular weight is 424 g/mol. The molecule has 0 radical (unpaired) electrons. The zero-order valence-corrected chi connectivity index (χ0v) is 18.6. The maximum absolute atomic E-state index is 13.1. The maximum Gasteiger partial charge on any atom is 0.294 e. The molecule has 164 valence electrons. The van der Waals surface area contributed by atoms with Gasteiger partial charge in [-0.1, -0.05) is 39.8 Å². The summed E-state index contributed by atoms with van der Waals surface area (Å²) in [5.41, 5.74) is 1.35. The third-order valence-electron chi connectivity index (χ3n) is 5.11. The van der Waals surface area contributed by atoms with Gasteiger partial charge in [0.1, 0.15) is 11.5 Å². The van der Waals surface area contributed by atoms with Crippen LogP contribution >= 0.6 is 0 Å². The molecule has 1 unspecified atom stereocenters. The molecular weight excluding hydrogens is 394 g/mol. The van der Waals surface area contributed by atoms with Crippen molar-refractivity contribution in [1.29, 1.82) is 0 Å². The molecule has 6 nitrogen and oxygen atoms in total. The molecule has 3 rings (SSSR count). The van der Waals surface area contributed by atoms with Gasteiger partial charge >= 0.3 is 0 Å². The molecule has 6 heteroatoms. The lowest BCUT2D eigenvalue weighted by Crippen LogP contribution is -2.31. The van der Waals surface area contributed by atoms with Crippen molar-refractivity contribution in [2.75, 3.05) is 18.6 Å². The highest BCUT2D eigenvalue weighted by molar-refractivity contribution is 6.16. The molecule has 0 spiro atoms. The number of methoxy groups -OCH3 is 1. The first-order valence-electron chi connectivity index (χ1n) is 10.4. The number of benzene rings is 2. The Labute approximate surface area is 183 Å². The van der Waals surface area contributed by atoms with Crippen LogP contribution in [0, 0.1) is 11.8 Å². The molecule has 31 heavy (non-hydrogen) atoms. The van der Waals surface area contributed by atoms with Crippen molar-refractivity contribution in [2.45, 2.75) is 33.7 Å². The van der Waals surface area contributed by atoms with Gasteiger partial charge < -0.3 is 14.6 Å². The summed E-state index contributed by atoms with van der Waals surface area (Å²) in [6.45, 7) is 8.22. The van der Waals surface area contributed by atoms with E-state index in [4.69, 9.17) is 9.47 Å². The minimum atomic E-state index is -0.750. The second-order valence-corrected chi connectivity index (χ2v) is 8.33. The summed E-state index contributed by atoms with van der Waals surface area (Å²) in [4.78, 5) is 27.5. The molecule has 1 heterocycles. The molecule has 0 saturated heterocycles. The predicted octanol–water partition coefficient (Wildman–Crippen LogP) is 4.86. The summed E-state index contributed by atoms with van der Waals surface area (Å²) in [6.07, 6.45) is 0. The van der Waals surface area contributed by atoms with E-state index in [0.29, 0.717) is 35.3 Å². The summed E-state index contributed by atoms with van der Waals surface area (Å²) in [5.74, 6) is -0.0621. The topological polar surface area (TPSA) is 76.1 Å². The third kappa shape index (κ3) is 4.58. The van der Waals surface area contributed by atoms with Crippen LogP contribution < -0.4 is 14.4 Å². The SMILES string of the molecule is COc1cccc(C2C(C(=O)C(C)C)=C(O)C(=O)N2c2ccc(OCC(C)C)cc2)c1. The molecule has 1 aliphatic heterocycles. The minimum absolute atomic E-state index is 0.105. The van der Waals surface area contributed by atoms with Crippen LogP contribution in [0.15, 0.2) is 59.9 Å².